The van der Waals surface area contributed by atoms with E-state index in [9.17, 15) is 9.90 Å². The fraction of sp³-hybridized carbons (Fsp3) is 0.150. The molecule has 0 radical (unpaired) electrons. The molecule has 0 aliphatic heterocycles. The summed E-state index contributed by atoms with van der Waals surface area (Å²) in [6, 6.07) is 13.9. The maximum Gasteiger partial charge on any atom is 0.259 e. The lowest BCUT2D eigenvalue weighted by Crippen LogP contribution is -2.28. The number of H-pyrrole nitrogens is 1. The number of pyridine rings is 1. The molecule has 0 bridgehead atoms. The van der Waals surface area contributed by atoms with E-state index in [1.807, 2.05) is 6.92 Å². The summed E-state index contributed by atoms with van der Waals surface area (Å²) in [6.07, 6.45) is 0. The second-order valence-electron chi connectivity index (χ2n) is 6.21. The largest absolute Gasteiger partial charge is 0.871 e. The van der Waals surface area contributed by atoms with Gasteiger partial charge in [0.25, 0.3) is 5.56 Å². The standard InChI is InChI=1S/C20H18N6O3/c1-3-29-13-10-8-12(9-11-13)21-17(19-22-24-25-23-19)16-18(27)14-6-4-5-7-15(14)26(2)20(16)28/h4-11,27H,3H2,1-2H3,(H,22,23,24,25)/p-1. The van der Waals surface area contributed by atoms with Gasteiger partial charge >= 0.3 is 0 Å². The van der Waals surface area contributed by atoms with Gasteiger partial charge in [-0.25, -0.2) is 4.99 Å². The van der Waals surface area contributed by atoms with Gasteiger partial charge in [0.15, 0.2) is 0 Å². The van der Waals surface area contributed by atoms with E-state index in [4.69, 9.17) is 4.74 Å². The molecule has 1 N–H and O–H groups in total. The maximum atomic E-state index is 13.2. The van der Waals surface area contributed by atoms with Crippen LogP contribution in [0.25, 0.3) is 10.9 Å². The predicted octanol–water partition coefficient (Wildman–Crippen LogP) is 1.69. The number of para-hydroxylation sites is 1. The molecule has 146 valence electrons. The number of rotatable bonds is 5. The number of fused-ring (bicyclic) bond motifs is 1. The normalized spacial score (nSPS) is 11.7. The number of aliphatic imine (C=N–C) groups is 1. The first-order chi connectivity index (χ1) is 14.1. The van der Waals surface area contributed by atoms with Crippen molar-refractivity contribution in [1.82, 2.24) is 25.2 Å². The Bertz CT molecular complexity index is 1240. The van der Waals surface area contributed by atoms with Crippen LogP contribution in [0.4, 0.5) is 5.69 Å². The van der Waals surface area contributed by atoms with Crippen molar-refractivity contribution in [1.29, 1.82) is 0 Å². The molecule has 0 amide bonds. The average Bonchev–Trinajstić information content (AvgIpc) is 3.28. The Kier molecular flexibility index (Phi) is 4.78. The molecule has 2 aromatic carbocycles. The van der Waals surface area contributed by atoms with Crippen LogP contribution in [0.15, 0.2) is 58.3 Å². The topological polar surface area (TPSA) is 121 Å². The van der Waals surface area contributed by atoms with Gasteiger partial charge in [-0.1, -0.05) is 23.9 Å². The zero-order valence-corrected chi connectivity index (χ0v) is 15.8. The highest BCUT2D eigenvalue weighted by atomic mass is 16.5. The molecule has 4 rings (SSSR count). The van der Waals surface area contributed by atoms with Crippen LogP contribution in [0.5, 0.6) is 11.5 Å². The second kappa shape index (κ2) is 7.55. The summed E-state index contributed by atoms with van der Waals surface area (Å²) in [7, 11) is 1.61. The molecule has 0 spiro atoms. The maximum absolute atomic E-state index is 13.2. The first-order valence-electron chi connectivity index (χ1n) is 8.94. The van der Waals surface area contributed by atoms with Gasteiger partial charge in [0.1, 0.15) is 11.5 Å². The summed E-state index contributed by atoms with van der Waals surface area (Å²) in [5, 5.41) is 27.3. The average molecular weight is 389 g/mol. The van der Waals surface area contributed by atoms with Crippen LogP contribution < -0.4 is 15.4 Å². The molecule has 4 aromatic rings. The fourth-order valence-electron chi connectivity index (χ4n) is 3.07. The smallest absolute Gasteiger partial charge is 0.259 e. The Hall–Kier alpha value is -4.01. The Morgan fingerprint density at radius 1 is 1.21 bits per heavy atom. The molecule has 0 aliphatic carbocycles. The fourth-order valence-corrected chi connectivity index (χ4v) is 3.07. The van der Waals surface area contributed by atoms with Crippen molar-refractivity contribution in [2.45, 2.75) is 6.92 Å². The number of aromatic amines is 1. The van der Waals surface area contributed by atoms with Gasteiger partial charge in [0.05, 0.1) is 23.4 Å². The molecule has 29 heavy (non-hydrogen) atoms. The van der Waals surface area contributed by atoms with E-state index in [-0.39, 0.29) is 17.1 Å². The molecule has 2 heterocycles. The molecule has 0 aliphatic rings. The minimum absolute atomic E-state index is 0.0549. The van der Waals surface area contributed by atoms with Gasteiger partial charge in [-0.15, -0.1) is 10.2 Å². The SMILES string of the molecule is CCOc1ccc(N=C(c2nn[nH]n2)c2c([O-])c3ccccc3n(C)c2=O)cc1. The number of ether oxygens (including phenoxy) is 1. The molecule has 0 atom stereocenters. The van der Waals surface area contributed by atoms with Gasteiger partial charge < -0.3 is 14.4 Å². The van der Waals surface area contributed by atoms with Crippen molar-refractivity contribution >= 4 is 22.3 Å². The Labute approximate surface area is 165 Å². The lowest BCUT2D eigenvalue weighted by atomic mass is 10.1. The van der Waals surface area contributed by atoms with Crippen molar-refractivity contribution < 1.29 is 9.84 Å². The van der Waals surface area contributed by atoms with Gasteiger partial charge in [-0.3, -0.25) is 4.79 Å². The van der Waals surface area contributed by atoms with E-state index in [2.05, 4.69) is 25.6 Å². The van der Waals surface area contributed by atoms with Crippen molar-refractivity contribution in [3.05, 3.63) is 70.3 Å². The van der Waals surface area contributed by atoms with Gasteiger partial charge in [-0.05, 0) is 47.9 Å². The third-order valence-electron chi connectivity index (χ3n) is 4.44. The molecule has 0 saturated carbocycles. The molecule has 9 heteroatoms. The second-order valence-corrected chi connectivity index (χ2v) is 6.21. The van der Waals surface area contributed by atoms with E-state index >= 15 is 0 Å². The number of aromatic nitrogens is 5. The lowest BCUT2D eigenvalue weighted by molar-refractivity contribution is -0.266. The highest BCUT2D eigenvalue weighted by Gasteiger charge is 2.20. The Balaban J connectivity index is 1.95. The zero-order valence-electron chi connectivity index (χ0n) is 15.8. The Morgan fingerprint density at radius 3 is 2.66 bits per heavy atom. The van der Waals surface area contributed by atoms with E-state index in [0.29, 0.717) is 28.9 Å². The van der Waals surface area contributed by atoms with Crippen LogP contribution in [0.3, 0.4) is 0 Å². The van der Waals surface area contributed by atoms with Crippen LogP contribution in [-0.2, 0) is 7.05 Å². The Morgan fingerprint density at radius 2 is 1.97 bits per heavy atom. The highest BCUT2D eigenvalue weighted by molar-refractivity contribution is 6.15. The first kappa shape index (κ1) is 18.4. The number of tetrazole rings is 1. The minimum Gasteiger partial charge on any atom is -0.871 e. The van der Waals surface area contributed by atoms with Crippen molar-refractivity contribution in [3.63, 3.8) is 0 Å². The number of nitrogens with zero attached hydrogens (tertiary/aromatic N) is 5. The summed E-state index contributed by atoms with van der Waals surface area (Å²) in [4.78, 5) is 17.6. The van der Waals surface area contributed by atoms with Crippen LogP contribution in [0, 0.1) is 0 Å². The molecular weight excluding hydrogens is 372 g/mol. The van der Waals surface area contributed by atoms with E-state index in [0.717, 1.165) is 0 Å². The molecular formula is C20H17N6O3-. The van der Waals surface area contributed by atoms with Crippen LogP contribution >= 0.6 is 0 Å². The number of benzene rings is 2. The molecule has 0 unspecified atom stereocenters. The quantitative estimate of drug-likeness (QED) is 0.519. The van der Waals surface area contributed by atoms with Crippen LogP contribution in [0.1, 0.15) is 18.3 Å². The number of aryl methyl sites for hydroxylation is 1. The van der Waals surface area contributed by atoms with Crippen LogP contribution in [0.2, 0.25) is 0 Å². The molecule has 2 aromatic heterocycles. The highest BCUT2D eigenvalue weighted by Crippen LogP contribution is 2.26. The van der Waals surface area contributed by atoms with Gasteiger partial charge in [0, 0.05) is 7.05 Å². The molecule has 0 fully saturated rings. The van der Waals surface area contributed by atoms with Crippen LogP contribution in [-0.4, -0.2) is 37.5 Å². The third-order valence-corrected chi connectivity index (χ3v) is 4.44. The summed E-state index contributed by atoms with van der Waals surface area (Å²) >= 11 is 0. The monoisotopic (exact) mass is 389 g/mol. The number of hydrogen-bond donors (Lipinski definition) is 1. The predicted molar refractivity (Wildman–Crippen MR) is 106 cm³/mol. The minimum atomic E-state index is -0.483. The van der Waals surface area contributed by atoms with Gasteiger partial charge in [-0.2, -0.15) is 5.21 Å². The van der Waals surface area contributed by atoms with Gasteiger partial charge in [0.2, 0.25) is 5.82 Å². The van der Waals surface area contributed by atoms with Crippen molar-refractivity contribution in [3.8, 4) is 11.5 Å². The summed E-state index contributed by atoms with van der Waals surface area (Å²) in [5.41, 5.74) is 0.520. The zero-order chi connectivity index (χ0) is 20.4. The van der Waals surface area contributed by atoms with Crippen molar-refractivity contribution in [2.24, 2.45) is 12.0 Å². The summed E-state index contributed by atoms with van der Waals surface area (Å²) in [6.45, 7) is 2.44. The van der Waals surface area contributed by atoms with Crippen molar-refractivity contribution in [2.75, 3.05) is 6.61 Å². The number of nitrogens with one attached hydrogen (secondary N) is 1. The first-order valence-corrected chi connectivity index (χ1v) is 8.94. The summed E-state index contributed by atoms with van der Waals surface area (Å²) in [5.74, 6) is 0.320. The lowest BCUT2D eigenvalue weighted by Gasteiger charge is -2.19. The number of hydrogen-bond acceptors (Lipinski definition) is 7. The molecule has 9 nitrogen and oxygen atoms in total. The van der Waals surface area contributed by atoms with E-state index in [1.54, 1.807) is 55.6 Å². The molecule has 0 saturated heterocycles. The van der Waals surface area contributed by atoms with E-state index < -0.39 is 11.3 Å². The van der Waals surface area contributed by atoms with E-state index in [1.165, 1.54) is 4.57 Å². The third kappa shape index (κ3) is 3.33. The summed E-state index contributed by atoms with van der Waals surface area (Å²) < 4.78 is 6.85.